The SMILES string of the molecule is CC1(C)CCC(C)(C)c2cc(C(C(=O)O)=C(c3ccc(CO)cc3CCO)N3CCNCC3)ccc21. The second-order valence-electron chi connectivity index (χ2n) is 11.4. The zero-order chi connectivity index (χ0) is 26.1. The molecular weight excluding hydrogens is 452 g/mol. The van der Waals surface area contributed by atoms with E-state index in [9.17, 15) is 20.1 Å². The number of aliphatic hydroxyl groups is 2. The van der Waals surface area contributed by atoms with Gasteiger partial charge in [-0.15, -0.1) is 0 Å². The summed E-state index contributed by atoms with van der Waals surface area (Å²) >= 11 is 0. The Morgan fingerprint density at radius 2 is 1.61 bits per heavy atom. The van der Waals surface area contributed by atoms with Crippen molar-refractivity contribution in [3.05, 3.63) is 69.8 Å². The van der Waals surface area contributed by atoms with Crippen molar-refractivity contribution in [3.63, 3.8) is 0 Å². The Balaban J connectivity index is 2.00. The van der Waals surface area contributed by atoms with E-state index in [0.717, 1.165) is 42.6 Å². The van der Waals surface area contributed by atoms with Crippen LogP contribution < -0.4 is 5.32 Å². The number of nitrogens with zero attached hydrogens (tertiary/aromatic N) is 1. The molecule has 0 atom stereocenters. The number of carboxylic acid groups (broad SMARTS) is 1. The third-order valence-electron chi connectivity index (χ3n) is 8.01. The van der Waals surface area contributed by atoms with Crippen molar-refractivity contribution < 1.29 is 20.1 Å². The van der Waals surface area contributed by atoms with Gasteiger partial charge in [-0.2, -0.15) is 0 Å². The van der Waals surface area contributed by atoms with Crippen molar-refractivity contribution in [2.24, 2.45) is 0 Å². The molecule has 2 aromatic rings. The van der Waals surface area contributed by atoms with Crippen LogP contribution in [0.25, 0.3) is 11.3 Å². The standard InChI is InChI=1S/C30H40N2O4/c1-29(2)10-11-30(3,4)25-18-22(6-8-24(25)29)26(28(35)36)27(32-14-12-31-13-15-32)23-7-5-20(19-34)17-21(23)9-16-33/h5-8,17-18,31,33-34H,9-16,19H2,1-4H3,(H,35,36). The number of aliphatic hydroxyl groups excluding tert-OH is 2. The molecule has 194 valence electrons. The number of hydrogen-bond donors (Lipinski definition) is 4. The van der Waals surface area contributed by atoms with E-state index in [-0.39, 0.29) is 29.6 Å². The van der Waals surface area contributed by atoms with E-state index in [2.05, 4.69) is 50.0 Å². The summed E-state index contributed by atoms with van der Waals surface area (Å²) in [4.78, 5) is 15.2. The summed E-state index contributed by atoms with van der Waals surface area (Å²) in [5.74, 6) is -0.961. The molecule has 0 aromatic heterocycles. The maximum Gasteiger partial charge on any atom is 0.338 e. The van der Waals surface area contributed by atoms with Gasteiger partial charge in [-0.25, -0.2) is 4.79 Å². The molecular formula is C30H40N2O4. The van der Waals surface area contributed by atoms with Crippen LogP contribution in [0.3, 0.4) is 0 Å². The Kier molecular flexibility index (Phi) is 7.60. The molecule has 0 bridgehead atoms. The number of nitrogens with one attached hydrogen (secondary N) is 1. The monoisotopic (exact) mass is 492 g/mol. The van der Waals surface area contributed by atoms with Crippen LogP contribution in [0.15, 0.2) is 36.4 Å². The first-order valence-corrected chi connectivity index (χ1v) is 13.0. The summed E-state index contributed by atoms with van der Waals surface area (Å²) in [6.07, 6.45) is 2.54. The highest BCUT2D eigenvalue weighted by Crippen LogP contribution is 2.47. The number of rotatable bonds is 7. The predicted molar refractivity (Wildman–Crippen MR) is 144 cm³/mol. The summed E-state index contributed by atoms with van der Waals surface area (Å²) in [6, 6.07) is 11.8. The van der Waals surface area contributed by atoms with Crippen molar-refractivity contribution in [3.8, 4) is 0 Å². The Bertz CT molecular complexity index is 1160. The van der Waals surface area contributed by atoms with E-state index in [1.54, 1.807) is 0 Å². The minimum Gasteiger partial charge on any atom is -0.478 e. The first-order valence-electron chi connectivity index (χ1n) is 13.0. The average molecular weight is 493 g/mol. The summed E-state index contributed by atoms with van der Waals surface area (Å²) in [5.41, 5.74) is 6.60. The van der Waals surface area contributed by atoms with Crippen molar-refractivity contribution >= 4 is 17.2 Å². The molecule has 0 spiro atoms. The fourth-order valence-corrected chi connectivity index (χ4v) is 5.76. The zero-order valence-corrected chi connectivity index (χ0v) is 22.0. The number of carbonyl (C=O) groups is 1. The molecule has 0 amide bonds. The highest BCUT2D eigenvalue weighted by atomic mass is 16.4. The van der Waals surface area contributed by atoms with Crippen LogP contribution in [0, 0.1) is 0 Å². The number of piperazine rings is 1. The molecule has 1 aliphatic heterocycles. The topological polar surface area (TPSA) is 93.0 Å². The molecule has 1 fully saturated rings. The second kappa shape index (κ2) is 10.4. The van der Waals surface area contributed by atoms with Crippen LogP contribution in [0.1, 0.15) is 73.9 Å². The molecule has 0 unspecified atom stereocenters. The van der Waals surface area contributed by atoms with E-state index < -0.39 is 5.97 Å². The highest BCUT2D eigenvalue weighted by molar-refractivity contribution is 6.23. The van der Waals surface area contributed by atoms with Gasteiger partial charge in [-0.3, -0.25) is 0 Å². The van der Waals surface area contributed by atoms with Gasteiger partial charge in [0.15, 0.2) is 0 Å². The summed E-state index contributed by atoms with van der Waals surface area (Å²) in [5, 5.41) is 33.5. The normalized spacial score (nSPS) is 19.4. The van der Waals surface area contributed by atoms with Crippen molar-refractivity contribution in [2.45, 2.75) is 64.4 Å². The van der Waals surface area contributed by atoms with Crippen molar-refractivity contribution in [1.82, 2.24) is 10.2 Å². The first-order chi connectivity index (χ1) is 17.1. The summed E-state index contributed by atoms with van der Waals surface area (Å²) < 4.78 is 0. The van der Waals surface area contributed by atoms with E-state index in [0.29, 0.717) is 30.8 Å². The number of aliphatic carboxylic acids is 1. The lowest BCUT2D eigenvalue weighted by atomic mass is 9.63. The lowest BCUT2D eigenvalue weighted by Gasteiger charge is -2.42. The van der Waals surface area contributed by atoms with Gasteiger partial charge >= 0.3 is 5.97 Å². The van der Waals surface area contributed by atoms with Crippen LogP contribution in [0.4, 0.5) is 0 Å². The van der Waals surface area contributed by atoms with Gasteiger partial charge in [-0.05, 0) is 64.0 Å². The third-order valence-corrected chi connectivity index (χ3v) is 8.01. The lowest BCUT2D eigenvalue weighted by molar-refractivity contribution is -0.130. The van der Waals surface area contributed by atoms with Crippen LogP contribution in [-0.2, 0) is 28.7 Å². The molecule has 2 aliphatic rings. The molecule has 6 nitrogen and oxygen atoms in total. The van der Waals surface area contributed by atoms with Crippen LogP contribution >= 0.6 is 0 Å². The highest BCUT2D eigenvalue weighted by Gasteiger charge is 2.38. The Morgan fingerprint density at radius 1 is 0.944 bits per heavy atom. The Morgan fingerprint density at radius 3 is 2.22 bits per heavy atom. The molecule has 1 heterocycles. The minimum absolute atomic E-state index is 0.0372. The Hall–Kier alpha value is -2.67. The second-order valence-corrected chi connectivity index (χ2v) is 11.4. The van der Waals surface area contributed by atoms with Gasteiger partial charge in [0, 0.05) is 38.3 Å². The van der Waals surface area contributed by atoms with Crippen LogP contribution in [0.2, 0.25) is 0 Å². The van der Waals surface area contributed by atoms with Crippen LogP contribution in [0.5, 0.6) is 0 Å². The molecule has 6 heteroatoms. The van der Waals surface area contributed by atoms with E-state index in [1.165, 1.54) is 11.1 Å². The fraction of sp³-hybridized carbons (Fsp3) is 0.500. The van der Waals surface area contributed by atoms with Gasteiger partial charge in [0.25, 0.3) is 0 Å². The van der Waals surface area contributed by atoms with Crippen molar-refractivity contribution in [1.29, 1.82) is 0 Å². The van der Waals surface area contributed by atoms with Crippen molar-refractivity contribution in [2.75, 3.05) is 32.8 Å². The van der Waals surface area contributed by atoms with Gasteiger partial charge in [0.1, 0.15) is 0 Å². The van der Waals surface area contributed by atoms with Gasteiger partial charge in [0.2, 0.25) is 0 Å². The molecule has 1 saturated heterocycles. The molecule has 0 radical (unpaired) electrons. The molecule has 1 aliphatic carbocycles. The van der Waals surface area contributed by atoms with Gasteiger partial charge in [0.05, 0.1) is 17.9 Å². The quantitative estimate of drug-likeness (QED) is 0.346. The Labute approximate surface area is 214 Å². The number of fused-ring (bicyclic) bond motifs is 1. The minimum atomic E-state index is -0.961. The van der Waals surface area contributed by atoms with Crippen LogP contribution in [-0.4, -0.2) is 59.0 Å². The maximum atomic E-state index is 13.0. The van der Waals surface area contributed by atoms with E-state index in [4.69, 9.17) is 0 Å². The summed E-state index contributed by atoms with van der Waals surface area (Å²) in [6.45, 7) is 11.8. The van der Waals surface area contributed by atoms with Gasteiger partial charge < -0.3 is 25.5 Å². The molecule has 0 saturated carbocycles. The molecule has 36 heavy (non-hydrogen) atoms. The summed E-state index contributed by atoms with van der Waals surface area (Å²) in [7, 11) is 0. The van der Waals surface area contributed by atoms with Gasteiger partial charge in [-0.1, -0.05) is 58.0 Å². The molecule has 4 rings (SSSR count). The average Bonchev–Trinajstić information content (AvgIpc) is 2.86. The third kappa shape index (κ3) is 5.08. The largest absolute Gasteiger partial charge is 0.478 e. The van der Waals surface area contributed by atoms with E-state index in [1.807, 2.05) is 24.3 Å². The number of hydrogen-bond acceptors (Lipinski definition) is 5. The number of benzene rings is 2. The fourth-order valence-electron chi connectivity index (χ4n) is 5.76. The maximum absolute atomic E-state index is 13.0. The lowest BCUT2D eigenvalue weighted by Crippen LogP contribution is -2.43. The molecule has 2 aromatic carbocycles. The number of carboxylic acids is 1. The predicted octanol–water partition coefficient (Wildman–Crippen LogP) is 3.92. The molecule has 4 N–H and O–H groups in total. The smallest absolute Gasteiger partial charge is 0.338 e. The first kappa shape index (κ1) is 26.4. The van der Waals surface area contributed by atoms with E-state index >= 15 is 0 Å². The zero-order valence-electron chi connectivity index (χ0n) is 22.0.